The van der Waals surface area contributed by atoms with Crippen molar-refractivity contribution in [2.24, 2.45) is 0 Å². The summed E-state index contributed by atoms with van der Waals surface area (Å²) in [7, 11) is -13.7. The van der Waals surface area contributed by atoms with Crippen LogP contribution in [0, 0.1) is 0 Å². The van der Waals surface area contributed by atoms with Crippen LogP contribution in [0.3, 0.4) is 0 Å². The summed E-state index contributed by atoms with van der Waals surface area (Å²) in [6, 6.07) is 10.4. The van der Waals surface area contributed by atoms with E-state index in [9.17, 15) is 44.3 Å². The van der Waals surface area contributed by atoms with Crippen LogP contribution in [-0.2, 0) is 30.4 Å². The maximum Gasteiger partial charge on any atom is 0.336 e. The largest absolute Gasteiger partial charge is 0.478 e. The van der Waals surface area contributed by atoms with Gasteiger partial charge in [-0.25, -0.2) is 9.79 Å². The number of carboxylic acid groups (broad SMARTS) is 1. The Labute approximate surface area is 220 Å². The van der Waals surface area contributed by atoms with Crippen molar-refractivity contribution in [3.05, 3.63) is 59.5 Å². The monoisotopic (exact) mass is 599 g/mol. The van der Waals surface area contributed by atoms with Gasteiger partial charge in [0.25, 0.3) is 20.2 Å². The van der Waals surface area contributed by atoms with E-state index in [-0.39, 0.29) is 33.0 Å². The highest BCUT2D eigenvalue weighted by Crippen LogP contribution is 2.45. The van der Waals surface area contributed by atoms with Crippen LogP contribution >= 0.6 is 0 Å². The van der Waals surface area contributed by atoms with Crippen molar-refractivity contribution < 1.29 is 58.2 Å². The third-order valence-corrected chi connectivity index (χ3v) is 7.98. The molecule has 2 aliphatic rings. The summed E-state index contributed by atoms with van der Waals surface area (Å²) < 4.78 is 107. The van der Waals surface area contributed by atoms with E-state index in [2.05, 4.69) is 10.3 Å². The quantitative estimate of drug-likeness (QED) is 0.124. The van der Waals surface area contributed by atoms with Crippen molar-refractivity contribution in [3.8, 4) is 22.5 Å². The molecular weight excluding hydrogens is 580 g/mol. The van der Waals surface area contributed by atoms with Crippen LogP contribution in [-0.4, -0.2) is 62.9 Å². The van der Waals surface area contributed by atoms with E-state index in [1.165, 1.54) is 49.5 Å². The van der Waals surface area contributed by atoms with Gasteiger partial charge in [0, 0.05) is 22.6 Å². The Hall–Kier alpha value is -3.87. The van der Waals surface area contributed by atoms with Crippen LogP contribution in [0.25, 0.3) is 33.4 Å². The highest BCUT2D eigenvalue weighted by molar-refractivity contribution is 7.86. The molecule has 0 bridgehead atoms. The number of benzene rings is 3. The molecule has 0 saturated heterocycles. The lowest BCUT2D eigenvalue weighted by molar-refractivity contribution is -0.467. The van der Waals surface area contributed by atoms with Crippen molar-refractivity contribution >= 4 is 53.0 Å². The van der Waals surface area contributed by atoms with Gasteiger partial charge in [-0.2, -0.15) is 25.3 Å². The Kier molecular flexibility index (Phi) is 7.00. The number of nitrogens with one attached hydrogen (secondary N) is 2. The minimum atomic E-state index is -5.26. The van der Waals surface area contributed by atoms with Crippen molar-refractivity contribution in [2.45, 2.75) is 9.79 Å². The third kappa shape index (κ3) is 5.35. The zero-order chi connectivity index (χ0) is 28.9. The molecule has 39 heavy (non-hydrogen) atoms. The average Bonchev–Trinajstić information content (AvgIpc) is 2.83. The number of aromatic carboxylic acids is 1. The molecular formula is C22H19N2O12S3+. The lowest BCUT2D eigenvalue weighted by Crippen LogP contribution is -2.72. The molecule has 0 atom stereocenters. The van der Waals surface area contributed by atoms with Crippen LogP contribution in [0.5, 0.6) is 0 Å². The third-order valence-electron chi connectivity index (χ3n) is 5.62. The first-order valence-electron chi connectivity index (χ1n) is 10.6. The molecule has 0 amide bonds. The van der Waals surface area contributed by atoms with Gasteiger partial charge >= 0.3 is 16.1 Å². The Morgan fingerprint density at radius 1 is 0.872 bits per heavy atom. The van der Waals surface area contributed by atoms with Gasteiger partial charge in [0.15, 0.2) is 16.2 Å². The first-order valence-corrected chi connectivity index (χ1v) is 15.1. The van der Waals surface area contributed by atoms with Crippen LogP contribution in [0.15, 0.2) is 62.7 Å². The fraction of sp³-hybridized carbons (Fsp3) is 0.0909. The number of rotatable bonds is 7. The fourth-order valence-electron chi connectivity index (χ4n) is 4.16. The van der Waals surface area contributed by atoms with Gasteiger partial charge in [-0.15, -0.1) is 0 Å². The summed E-state index contributed by atoms with van der Waals surface area (Å²) in [6.45, 7) is 0. The minimum Gasteiger partial charge on any atom is -0.478 e. The summed E-state index contributed by atoms with van der Waals surface area (Å²) in [5, 5.41) is 11.7. The molecule has 0 unspecified atom stereocenters. The van der Waals surface area contributed by atoms with Crippen LogP contribution in [0.1, 0.15) is 10.4 Å². The molecule has 6 N–H and O–H groups in total. The summed E-state index contributed by atoms with van der Waals surface area (Å²) in [4.78, 5) is 12.7. The highest BCUT2D eigenvalue weighted by atomic mass is 32.2. The number of carboxylic acids is 1. The van der Waals surface area contributed by atoms with Crippen molar-refractivity contribution in [1.29, 1.82) is 0 Å². The van der Waals surface area contributed by atoms with Crippen molar-refractivity contribution in [3.63, 3.8) is 0 Å². The molecule has 1 heterocycles. The van der Waals surface area contributed by atoms with E-state index in [0.717, 1.165) is 6.07 Å². The SMILES string of the molecule is C[NH+]=c1ccc2c(-c3ccccc3C(=O)O)c3ccc(NCS(=O)(=O)O)c(S(=O)(=O)O)c3oc-2c1S(=O)(=O)O. The Morgan fingerprint density at radius 2 is 1.51 bits per heavy atom. The molecule has 1 aliphatic heterocycles. The van der Waals surface area contributed by atoms with Gasteiger partial charge in [-0.1, -0.05) is 18.2 Å². The molecule has 0 spiro atoms. The van der Waals surface area contributed by atoms with Gasteiger partial charge in [0.1, 0.15) is 12.9 Å². The number of carbonyl (C=O) groups is 1. The Morgan fingerprint density at radius 3 is 2.08 bits per heavy atom. The first-order chi connectivity index (χ1) is 18.0. The number of anilines is 1. The van der Waals surface area contributed by atoms with Gasteiger partial charge in [0.05, 0.1) is 11.3 Å². The van der Waals surface area contributed by atoms with Crippen LogP contribution < -0.4 is 15.7 Å². The average molecular weight is 600 g/mol. The standard InChI is InChI=1S/C22H18N2O12S3/c1-23-15-8-6-13-17(11-4-2-3-5-12(11)22(25)26)14-7-9-16(24-10-37(27,28)29)21(39(33,34)35)19(14)36-18(13)20(15)38(30,31)32/h2-9,24H,10H2,1H3,(H,25,26)(H,27,28,29)(H,30,31,32)(H,33,34,35)/p+1. The summed E-state index contributed by atoms with van der Waals surface area (Å²) in [5.41, 5.74) is -1.63. The molecule has 1 aliphatic carbocycles. The molecule has 2 aromatic rings. The smallest absolute Gasteiger partial charge is 0.336 e. The van der Waals surface area contributed by atoms with Crippen molar-refractivity contribution in [2.75, 3.05) is 18.2 Å². The van der Waals surface area contributed by atoms with E-state index >= 15 is 0 Å². The maximum atomic E-state index is 12.5. The molecule has 4 rings (SSSR count). The summed E-state index contributed by atoms with van der Waals surface area (Å²) in [6.07, 6.45) is 0. The normalized spacial score (nSPS) is 13.2. The molecule has 0 radical (unpaired) electrons. The molecule has 206 valence electrons. The predicted molar refractivity (Wildman–Crippen MR) is 135 cm³/mol. The second kappa shape index (κ2) is 9.70. The van der Waals surface area contributed by atoms with E-state index in [1.54, 1.807) is 0 Å². The Balaban J connectivity index is 2.35. The minimum absolute atomic E-state index is 0.00534. The molecule has 0 aromatic heterocycles. The molecule has 2 aromatic carbocycles. The second-order valence-corrected chi connectivity index (χ2v) is 12.2. The van der Waals surface area contributed by atoms with Gasteiger partial charge in [0.2, 0.25) is 10.3 Å². The van der Waals surface area contributed by atoms with Gasteiger partial charge < -0.3 is 14.8 Å². The maximum absolute atomic E-state index is 12.5. The van der Waals surface area contributed by atoms with E-state index in [1.807, 2.05) is 0 Å². The number of hydrogen-bond donors (Lipinski definition) is 6. The van der Waals surface area contributed by atoms with E-state index in [4.69, 9.17) is 8.97 Å². The number of hydrogen-bond acceptors (Lipinski definition) is 9. The van der Waals surface area contributed by atoms with Crippen molar-refractivity contribution in [1.82, 2.24) is 0 Å². The predicted octanol–water partition coefficient (Wildman–Crippen LogP) is 0.265. The lowest BCUT2D eigenvalue weighted by atomic mass is 9.90. The highest BCUT2D eigenvalue weighted by Gasteiger charge is 2.33. The Bertz CT molecular complexity index is 2030. The number of fused-ring (bicyclic) bond motifs is 2. The van der Waals surface area contributed by atoms with E-state index < -0.39 is 69.0 Å². The zero-order valence-electron chi connectivity index (χ0n) is 19.6. The molecule has 14 nitrogen and oxygen atoms in total. The molecule has 17 heteroatoms. The van der Waals surface area contributed by atoms with Gasteiger partial charge in [-0.3, -0.25) is 13.7 Å². The van der Waals surface area contributed by atoms with Crippen LogP contribution in [0.2, 0.25) is 0 Å². The topological polar surface area (TPSA) is 240 Å². The second-order valence-electron chi connectivity index (χ2n) is 8.07. The summed E-state index contributed by atoms with van der Waals surface area (Å²) >= 11 is 0. The van der Waals surface area contributed by atoms with Gasteiger partial charge in [-0.05, 0) is 29.8 Å². The van der Waals surface area contributed by atoms with E-state index in [0.29, 0.717) is 0 Å². The molecule has 0 saturated carbocycles. The first kappa shape index (κ1) is 28.1. The van der Waals surface area contributed by atoms with Crippen LogP contribution in [0.4, 0.5) is 5.69 Å². The fourth-order valence-corrected chi connectivity index (χ4v) is 6.14. The summed E-state index contributed by atoms with van der Waals surface area (Å²) in [5.74, 6) is -3.16. The molecule has 0 fully saturated rings. The lowest BCUT2D eigenvalue weighted by Gasteiger charge is -2.20. The zero-order valence-corrected chi connectivity index (χ0v) is 22.1.